The first kappa shape index (κ1) is 30.6. The molecule has 0 bridgehead atoms. The molecule has 4 heteroatoms. The fourth-order valence-corrected chi connectivity index (χ4v) is 1.91. The zero-order chi connectivity index (χ0) is 22.5. The van der Waals surface area contributed by atoms with E-state index in [0.717, 1.165) is 11.4 Å². The Hall–Kier alpha value is -2.10. The van der Waals surface area contributed by atoms with Gasteiger partial charge < -0.3 is 9.47 Å². The maximum atomic E-state index is 5.10. The zero-order valence-electron chi connectivity index (χ0n) is 20.3. The summed E-state index contributed by atoms with van der Waals surface area (Å²) in [6.45, 7) is 20.5. The number of methoxy groups -OCH3 is 2. The molecule has 0 spiro atoms. The molecule has 162 valence electrons. The summed E-state index contributed by atoms with van der Waals surface area (Å²) < 4.78 is 10.1. The van der Waals surface area contributed by atoms with Crippen LogP contribution in [0, 0.1) is 0 Å². The summed E-state index contributed by atoms with van der Waals surface area (Å²) in [4.78, 5) is 8.11. The number of hydrogen-bond acceptors (Lipinski definition) is 4. The molecule has 0 saturated carbocycles. The molecule has 0 radical (unpaired) electrons. The van der Waals surface area contributed by atoms with Crippen LogP contribution in [-0.4, -0.2) is 24.2 Å². The van der Waals surface area contributed by atoms with Gasteiger partial charge in [-0.1, -0.05) is 75.3 Å². The normalized spacial score (nSPS) is 8.64. The SMILES string of the molecule is CC.CC.CC.COc1cc(C(C)C)ccn1.COc1ncccc1C(C)C. The molecule has 28 heavy (non-hydrogen) atoms. The molecule has 0 unspecified atom stereocenters. The highest BCUT2D eigenvalue weighted by molar-refractivity contribution is 5.28. The molecule has 0 aliphatic heterocycles. The Morgan fingerprint density at radius 3 is 1.68 bits per heavy atom. The number of rotatable bonds is 4. The van der Waals surface area contributed by atoms with Crippen molar-refractivity contribution in [2.24, 2.45) is 0 Å². The summed E-state index contributed by atoms with van der Waals surface area (Å²) >= 11 is 0. The fourth-order valence-electron chi connectivity index (χ4n) is 1.91. The zero-order valence-corrected chi connectivity index (χ0v) is 20.3. The predicted molar refractivity (Wildman–Crippen MR) is 124 cm³/mol. The third kappa shape index (κ3) is 13.1. The van der Waals surface area contributed by atoms with Crippen molar-refractivity contribution in [3.63, 3.8) is 0 Å². The molecule has 0 N–H and O–H groups in total. The first-order valence-electron chi connectivity index (χ1n) is 10.5. The van der Waals surface area contributed by atoms with Gasteiger partial charge in [0.1, 0.15) is 0 Å². The summed E-state index contributed by atoms with van der Waals surface area (Å²) in [5.74, 6) is 2.43. The molecule has 0 aliphatic carbocycles. The van der Waals surface area contributed by atoms with Crippen molar-refractivity contribution < 1.29 is 9.47 Å². The minimum atomic E-state index is 0.471. The van der Waals surface area contributed by atoms with Gasteiger partial charge in [0.25, 0.3) is 0 Å². The molecule has 0 atom stereocenters. The minimum absolute atomic E-state index is 0.471. The van der Waals surface area contributed by atoms with Gasteiger partial charge in [0, 0.05) is 24.0 Å². The quantitative estimate of drug-likeness (QED) is 0.540. The van der Waals surface area contributed by atoms with Gasteiger partial charge >= 0.3 is 0 Å². The maximum absolute atomic E-state index is 5.10. The Morgan fingerprint density at radius 2 is 1.29 bits per heavy atom. The van der Waals surface area contributed by atoms with E-state index in [1.165, 1.54) is 5.56 Å². The summed E-state index contributed by atoms with van der Waals surface area (Å²) in [7, 11) is 3.28. The number of pyridine rings is 2. The predicted octanol–water partition coefficient (Wildman–Crippen LogP) is 7.51. The Labute approximate surface area is 174 Å². The molecule has 0 aliphatic rings. The Kier molecular flexibility index (Phi) is 23.2. The topological polar surface area (TPSA) is 44.2 Å². The second-order valence-corrected chi connectivity index (χ2v) is 5.54. The largest absolute Gasteiger partial charge is 0.481 e. The molecule has 0 amide bonds. The molecule has 4 nitrogen and oxygen atoms in total. The van der Waals surface area contributed by atoms with Crippen LogP contribution in [0.15, 0.2) is 36.7 Å². The average Bonchev–Trinajstić information content (AvgIpc) is 2.78. The number of hydrogen-bond donors (Lipinski definition) is 0. The van der Waals surface area contributed by atoms with Crippen LogP contribution in [0.4, 0.5) is 0 Å². The van der Waals surface area contributed by atoms with Gasteiger partial charge in [0.2, 0.25) is 11.8 Å². The van der Waals surface area contributed by atoms with E-state index in [9.17, 15) is 0 Å². The van der Waals surface area contributed by atoms with Crippen molar-refractivity contribution in [2.45, 2.75) is 81.1 Å². The highest BCUT2D eigenvalue weighted by atomic mass is 16.5. The number of nitrogens with zero attached hydrogens (tertiary/aromatic N) is 2. The monoisotopic (exact) mass is 392 g/mol. The number of aromatic nitrogens is 2. The van der Waals surface area contributed by atoms with Crippen LogP contribution in [-0.2, 0) is 0 Å². The maximum Gasteiger partial charge on any atom is 0.216 e. The third-order valence-electron chi connectivity index (χ3n) is 3.25. The van der Waals surface area contributed by atoms with Crippen LogP contribution in [0.1, 0.15) is 92.2 Å². The summed E-state index contributed by atoms with van der Waals surface area (Å²) in [6, 6.07) is 7.94. The fraction of sp³-hybridized carbons (Fsp3) is 0.583. The van der Waals surface area contributed by atoms with Crippen molar-refractivity contribution in [3.05, 3.63) is 47.8 Å². The van der Waals surface area contributed by atoms with Crippen molar-refractivity contribution in [3.8, 4) is 11.8 Å². The van der Waals surface area contributed by atoms with Gasteiger partial charge in [-0.2, -0.15) is 0 Å². The standard InChI is InChI=1S/2C9H13NO.3C2H6/c1-7(2)8-4-5-10-9(6-8)11-3;1-7(2)8-5-4-6-10-9(8)11-3;3*1-2/h2*4-7H,1-3H3;3*1-2H3. The molecule has 0 aromatic carbocycles. The van der Waals surface area contributed by atoms with E-state index in [1.807, 2.05) is 65.8 Å². The average molecular weight is 393 g/mol. The van der Waals surface area contributed by atoms with E-state index < -0.39 is 0 Å². The van der Waals surface area contributed by atoms with Crippen LogP contribution in [0.5, 0.6) is 11.8 Å². The van der Waals surface area contributed by atoms with Crippen LogP contribution in [0.2, 0.25) is 0 Å². The van der Waals surface area contributed by atoms with E-state index in [-0.39, 0.29) is 0 Å². The van der Waals surface area contributed by atoms with Crippen molar-refractivity contribution >= 4 is 0 Å². The summed E-state index contributed by atoms with van der Waals surface area (Å²) in [5.41, 5.74) is 2.42. The molecular formula is C24H44N2O2. The lowest BCUT2D eigenvalue weighted by atomic mass is 10.1. The van der Waals surface area contributed by atoms with Gasteiger partial charge in [-0.05, 0) is 29.5 Å². The molecule has 2 aromatic heterocycles. The lowest BCUT2D eigenvalue weighted by Crippen LogP contribution is -1.95. The second-order valence-electron chi connectivity index (χ2n) is 5.54. The summed E-state index contributed by atoms with van der Waals surface area (Å²) in [5, 5.41) is 0. The van der Waals surface area contributed by atoms with Crippen molar-refractivity contribution in [2.75, 3.05) is 14.2 Å². The second kappa shape index (κ2) is 21.2. The summed E-state index contributed by atoms with van der Waals surface area (Å²) in [6.07, 6.45) is 3.51. The Morgan fingerprint density at radius 1 is 0.714 bits per heavy atom. The highest BCUT2D eigenvalue weighted by Gasteiger charge is 2.05. The number of ether oxygens (including phenoxy) is 2. The van der Waals surface area contributed by atoms with Gasteiger partial charge in [-0.3, -0.25) is 0 Å². The lowest BCUT2D eigenvalue weighted by molar-refractivity contribution is 0.390. The van der Waals surface area contributed by atoms with E-state index >= 15 is 0 Å². The van der Waals surface area contributed by atoms with Crippen LogP contribution < -0.4 is 9.47 Å². The molecule has 2 aromatic rings. The smallest absolute Gasteiger partial charge is 0.216 e. The molecule has 0 fully saturated rings. The Bertz CT molecular complexity index is 570. The molecule has 2 heterocycles. The van der Waals surface area contributed by atoms with E-state index in [2.05, 4.69) is 37.7 Å². The van der Waals surface area contributed by atoms with Crippen molar-refractivity contribution in [1.29, 1.82) is 0 Å². The van der Waals surface area contributed by atoms with Gasteiger partial charge in [0.15, 0.2) is 0 Å². The van der Waals surface area contributed by atoms with Gasteiger partial charge in [0.05, 0.1) is 14.2 Å². The van der Waals surface area contributed by atoms with E-state index in [0.29, 0.717) is 17.7 Å². The first-order chi connectivity index (χ1) is 13.5. The van der Waals surface area contributed by atoms with E-state index in [1.54, 1.807) is 26.6 Å². The molecule has 2 rings (SSSR count). The molecular weight excluding hydrogens is 348 g/mol. The first-order valence-corrected chi connectivity index (χ1v) is 10.5. The minimum Gasteiger partial charge on any atom is -0.481 e. The third-order valence-corrected chi connectivity index (χ3v) is 3.25. The Balaban J connectivity index is -0.000000352. The van der Waals surface area contributed by atoms with E-state index in [4.69, 9.17) is 9.47 Å². The lowest BCUT2D eigenvalue weighted by Gasteiger charge is -2.08. The van der Waals surface area contributed by atoms with Crippen molar-refractivity contribution in [1.82, 2.24) is 9.97 Å². The van der Waals surface area contributed by atoms with Crippen LogP contribution in [0.3, 0.4) is 0 Å². The highest BCUT2D eigenvalue weighted by Crippen LogP contribution is 2.22. The van der Waals surface area contributed by atoms with Crippen LogP contribution >= 0.6 is 0 Å². The van der Waals surface area contributed by atoms with Crippen LogP contribution in [0.25, 0.3) is 0 Å². The molecule has 0 saturated heterocycles. The van der Waals surface area contributed by atoms with Gasteiger partial charge in [-0.25, -0.2) is 9.97 Å². The van der Waals surface area contributed by atoms with Gasteiger partial charge in [-0.15, -0.1) is 0 Å².